The third-order valence-corrected chi connectivity index (χ3v) is 1.85. The summed E-state index contributed by atoms with van der Waals surface area (Å²) in [6, 6.07) is 9.45. The monoisotopic (exact) mass is 256 g/mol. The summed E-state index contributed by atoms with van der Waals surface area (Å²) in [4.78, 5) is 11.0. The number of esters is 1. The second kappa shape index (κ2) is 5.58. The third kappa shape index (κ3) is 4.21. The zero-order valence-corrected chi connectivity index (χ0v) is 9.24. The standard InChI is InChI=1S/C10H10NO2Se/c11-9(14)6-10(12)13-7-8-4-2-1-3-5-8/h1-5,11H,6-7H2. The fourth-order valence-electron chi connectivity index (χ4n) is 0.920. The van der Waals surface area contributed by atoms with Gasteiger partial charge < -0.3 is 0 Å². The first-order valence-electron chi connectivity index (χ1n) is 4.12. The van der Waals surface area contributed by atoms with Gasteiger partial charge in [-0.3, -0.25) is 0 Å². The van der Waals surface area contributed by atoms with E-state index in [1.807, 2.05) is 30.3 Å². The Hall–Kier alpha value is -1.12. The molecule has 1 aromatic rings. The Kier molecular flexibility index (Phi) is 4.36. The molecular weight excluding hydrogens is 245 g/mol. The molecule has 73 valence electrons. The van der Waals surface area contributed by atoms with Crippen molar-refractivity contribution in [3.63, 3.8) is 0 Å². The molecule has 0 aliphatic rings. The number of carbonyl (C=O) groups is 1. The summed E-state index contributed by atoms with van der Waals surface area (Å²) >= 11 is 2.45. The quantitative estimate of drug-likeness (QED) is 0.500. The molecule has 14 heavy (non-hydrogen) atoms. The van der Waals surface area contributed by atoms with Crippen LogP contribution in [0.4, 0.5) is 0 Å². The number of hydrogen-bond donors (Lipinski definition) is 1. The second-order valence-corrected chi connectivity index (χ2v) is 3.78. The van der Waals surface area contributed by atoms with Crippen LogP contribution in [0.5, 0.6) is 0 Å². The van der Waals surface area contributed by atoms with Gasteiger partial charge in [0.15, 0.2) is 0 Å². The summed E-state index contributed by atoms with van der Waals surface area (Å²) in [5, 5.41) is 7.05. The van der Waals surface area contributed by atoms with E-state index in [9.17, 15) is 4.79 Å². The number of nitrogens with one attached hydrogen (secondary N) is 1. The summed E-state index contributed by atoms with van der Waals surface area (Å²) < 4.78 is 5.14. The molecule has 4 heteroatoms. The van der Waals surface area contributed by atoms with Crippen LogP contribution in [0.3, 0.4) is 0 Å². The van der Waals surface area contributed by atoms with Gasteiger partial charge in [-0.25, -0.2) is 0 Å². The fraction of sp³-hybridized carbons (Fsp3) is 0.200. The Morgan fingerprint density at radius 2 is 2.00 bits per heavy atom. The van der Waals surface area contributed by atoms with E-state index in [4.69, 9.17) is 10.1 Å². The van der Waals surface area contributed by atoms with Crippen LogP contribution >= 0.6 is 0 Å². The van der Waals surface area contributed by atoms with Crippen molar-refractivity contribution in [1.82, 2.24) is 0 Å². The Bertz CT molecular complexity index is 324. The molecule has 1 rings (SSSR count). The minimum absolute atomic E-state index is 0.0207. The Balaban J connectivity index is 2.34. The molecule has 1 radical (unpaired) electrons. The molecule has 0 fully saturated rings. The van der Waals surface area contributed by atoms with Gasteiger partial charge in [-0.2, -0.15) is 0 Å². The number of carbonyl (C=O) groups excluding carboxylic acids is 1. The van der Waals surface area contributed by atoms with E-state index in [1.54, 1.807) is 0 Å². The van der Waals surface area contributed by atoms with Crippen LogP contribution in [0.2, 0.25) is 0 Å². The first kappa shape index (κ1) is 11.0. The zero-order chi connectivity index (χ0) is 10.4. The van der Waals surface area contributed by atoms with Gasteiger partial charge in [-0.15, -0.1) is 0 Å². The van der Waals surface area contributed by atoms with E-state index in [0.717, 1.165) is 5.56 Å². The van der Waals surface area contributed by atoms with Crippen LogP contribution in [-0.2, 0) is 16.1 Å². The summed E-state index contributed by atoms with van der Waals surface area (Å²) in [5.74, 6) is -0.377. The summed E-state index contributed by atoms with van der Waals surface area (Å²) in [7, 11) is 0. The topological polar surface area (TPSA) is 50.2 Å². The van der Waals surface area contributed by atoms with Crippen LogP contribution in [0.15, 0.2) is 30.3 Å². The van der Waals surface area contributed by atoms with Gasteiger partial charge in [-0.1, -0.05) is 0 Å². The summed E-state index contributed by atoms with van der Waals surface area (Å²) in [6.07, 6.45) is 0.0207. The van der Waals surface area contributed by atoms with Crippen molar-refractivity contribution >= 4 is 26.6 Å². The zero-order valence-electron chi connectivity index (χ0n) is 7.53. The van der Waals surface area contributed by atoms with Crippen molar-refractivity contribution in [3.05, 3.63) is 35.9 Å². The number of rotatable bonds is 4. The van der Waals surface area contributed by atoms with Crippen molar-refractivity contribution in [3.8, 4) is 0 Å². The van der Waals surface area contributed by atoms with Crippen LogP contribution in [0.25, 0.3) is 0 Å². The van der Waals surface area contributed by atoms with E-state index in [1.165, 1.54) is 0 Å². The third-order valence-electron chi connectivity index (χ3n) is 1.55. The van der Waals surface area contributed by atoms with Gasteiger partial charge in [0.25, 0.3) is 0 Å². The van der Waals surface area contributed by atoms with E-state index >= 15 is 0 Å². The van der Waals surface area contributed by atoms with Crippen LogP contribution in [0, 0.1) is 5.41 Å². The van der Waals surface area contributed by atoms with Crippen LogP contribution < -0.4 is 0 Å². The average molecular weight is 255 g/mol. The Morgan fingerprint density at radius 1 is 1.36 bits per heavy atom. The maximum absolute atomic E-state index is 11.0. The predicted molar refractivity (Wildman–Crippen MR) is 54.3 cm³/mol. The van der Waals surface area contributed by atoms with Gasteiger partial charge in [0.05, 0.1) is 0 Å². The van der Waals surface area contributed by atoms with Crippen molar-refractivity contribution in [2.24, 2.45) is 0 Å². The van der Waals surface area contributed by atoms with Gasteiger partial charge >= 0.3 is 90.5 Å². The van der Waals surface area contributed by atoms with E-state index in [2.05, 4.69) is 16.0 Å². The van der Waals surface area contributed by atoms with Crippen molar-refractivity contribution in [2.45, 2.75) is 13.0 Å². The number of benzene rings is 1. The molecule has 0 atom stereocenters. The maximum atomic E-state index is 11.0. The van der Waals surface area contributed by atoms with Crippen molar-refractivity contribution < 1.29 is 9.53 Å². The first-order chi connectivity index (χ1) is 6.68. The van der Waals surface area contributed by atoms with Gasteiger partial charge in [-0.05, 0) is 0 Å². The molecule has 0 bridgehead atoms. The molecule has 1 aromatic carbocycles. The molecule has 0 aliphatic heterocycles. The Morgan fingerprint density at radius 3 is 2.57 bits per heavy atom. The van der Waals surface area contributed by atoms with E-state index in [0.29, 0.717) is 0 Å². The molecule has 0 aliphatic carbocycles. The minimum atomic E-state index is -0.377. The fourth-order valence-corrected chi connectivity index (χ4v) is 1.17. The number of hydrogen-bond acceptors (Lipinski definition) is 3. The van der Waals surface area contributed by atoms with Crippen molar-refractivity contribution in [2.75, 3.05) is 0 Å². The molecule has 3 nitrogen and oxygen atoms in total. The van der Waals surface area contributed by atoms with Crippen LogP contribution in [0.1, 0.15) is 12.0 Å². The van der Waals surface area contributed by atoms with Crippen LogP contribution in [-0.4, -0.2) is 26.6 Å². The van der Waals surface area contributed by atoms with Gasteiger partial charge in [0.2, 0.25) is 0 Å². The molecule has 1 N–H and O–H groups in total. The van der Waals surface area contributed by atoms with Gasteiger partial charge in [0, 0.05) is 0 Å². The molecule has 0 heterocycles. The van der Waals surface area contributed by atoms with Gasteiger partial charge in [0.1, 0.15) is 0 Å². The molecule has 0 saturated carbocycles. The predicted octanol–water partition coefficient (Wildman–Crippen LogP) is 1.27. The molecule has 0 aromatic heterocycles. The summed E-state index contributed by atoms with van der Waals surface area (Å²) in [5.41, 5.74) is 0.951. The van der Waals surface area contributed by atoms with Crippen molar-refractivity contribution in [1.29, 1.82) is 5.41 Å². The average Bonchev–Trinajstić information content (AvgIpc) is 2.15. The molecule has 0 saturated heterocycles. The van der Waals surface area contributed by atoms with E-state index < -0.39 is 0 Å². The second-order valence-electron chi connectivity index (χ2n) is 2.75. The Labute approximate surface area is 90.8 Å². The SMILES string of the molecule is N=C([Se])CC(=O)OCc1ccccc1. The molecule has 0 amide bonds. The first-order valence-corrected chi connectivity index (χ1v) is 4.98. The molecule has 0 spiro atoms. The molecule has 0 unspecified atom stereocenters. The number of ether oxygens (including phenoxy) is 1. The normalized spacial score (nSPS) is 9.43. The molecular formula is C10H10NO2Se. The van der Waals surface area contributed by atoms with E-state index in [-0.39, 0.29) is 23.6 Å². The summed E-state index contributed by atoms with van der Waals surface area (Å²) in [6.45, 7) is 0.271.